The van der Waals surface area contributed by atoms with Crippen molar-refractivity contribution in [3.8, 4) is 5.75 Å². The van der Waals surface area contributed by atoms with Gasteiger partial charge in [0.15, 0.2) is 0 Å². The van der Waals surface area contributed by atoms with Crippen LogP contribution in [0.25, 0.3) is 0 Å². The molecule has 2 atom stereocenters. The topological polar surface area (TPSA) is 41.6 Å². The number of hydrogen-bond acceptors (Lipinski definition) is 3. The molecule has 4 nitrogen and oxygen atoms in total. The average Bonchev–Trinajstić information content (AvgIpc) is 2.64. The molecule has 1 saturated carbocycles. The summed E-state index contributed by atoms with van der Waals surface area (Å²) in [5.41, 5.74) is 0.480. The van der Waals surface area contributed by atoms with Gasteiger partial charge in [0, 0.05) is 18.2 Å². The highest BCUT2D eigenvalue weighted by molar-refractivity contribution is 5.94. The van der Waals surface area contributed by atoms with Gasteiger partial charge in [-0.25, -0.2) is 0 Å². The van der Waals surface area contributed by atoms with Gasteiger partial charge < -0.3 is 15.0 Å². The number of nitrogens with zero attached hydrogens (tertiary/aromatic N) is 1. The van der Waals surface area contributed by atoms with Gasteiger partial charge in [0.1, 0.15) is 5.75 Å². The van der Waals surface area contributed by atoms with Gasteiger partial charge in [-0.05, 0) is 69.0 Å². The maximum Gasteiger partial charge on any atom is 0.387 e. The molecule has 144 valence electrons. The summed E-state index contributed by atoms with van der Waals surface area (Å²) in [6.45, 7) is 0.546. The van der Waals surface area contributed by atoms with Crippen molar-refractivity contribution < 1.29 is 18.3 Å². The molecule has 26 heavy (non-hydrogen) atoms. The molecule has 0 bridgehead atoms. The second kappa shape index (κ2) is 9.31. The minimum absolute atomic E-state index is 0.0668. The van der Waals surface area contributed by atoms with Crippen molar-refractivity contribution >= 4 is 5.91 Å². The third kappa shape index (κ3) is 5.40. The number of hydrogen-bond donors (Lipinski definition) is 1. The van der Waals surface area contributed by atoms with Crippen LogP contribution in [0.4, 0.5) is 8.78 Å². The van der Waals surface area contributed by atoms with Crippen LogP contribution in [0.5, 0.6) is 5.75 Å². The van der Waals surface area contributed by atoms with Crippen molar-refractivity contribution in [1.29, 1.82) is 0 Å². The van der Waals surface area contributed by atoms with E-state index in [1.54, 1.807) is 0 Å². The van der Waals surface area contributed by atoms with Gasteiger partial charge in [-0.3, -0.25) is 4.79 Å². The highest BCUT2D eigenvalue weighted by Gasteiger charge is 2.28. The maximum atomic E-state index is 12.6. The Morgan fingerprint density at radius 1 is 1.08 bits per heavy atom. The van der Waals surface area contributed by atoms with Crippen molar-refractivity contribution in [3.63, 3.8) is 0 Å². The smallest absolute Gasteiger partial charge is 0.387 e. The number of nitrogens with one attached hydrogen (secondary N) is 1. The zero-order valence-electron chi connectivity index (χ0n) is 15.1. The predicted octanol–water partition coefficient (Wildman–Crippen LogP) is 4.06. The summed E-state index contributed by atoms with van der Waals surface area (Å²) in [6, 6.07) is 6.08. The SMILES string of the molecule is O=C(N[C@@H]1CCCC[C@H]1CN1CCCCC1)c1ccc(OC(F)F)cc1. The molecule has 1 aliphatic carbocycles. The van der Waals surface area contributed by atoms with Gasteiger partial charge >= 0.3 is 6.61 Å². The molecule has 3 rings (SSSR count). The molecule has 6 heteroatoms. The van der Waals surface area contributed by atoms with Crippen LogP contribution in [0.15, 0.2) is 24.3 Å². The molecule has 1 aromatic carbocycles. The molecule has 0 spiro atoms. The van der Waals surface area contributed by atoms with E-state index >= 15 is 0 Å². The van der Waals surface area contributed by atoms with E-state index < -0.39 is 6.61 Å². The molecule has 1 aliphatic heterocycles. The molecule has 2 aliphatic rings. The molecule has 1 N–H and O–H groups in total. The average molecular weight is 366 g/mol. The summed E-state index contributed by atoms with van der Waals surface area (Å²) in [6.07, 6.45) is 8.41. The van der Waals surface area contributed by atoms with Crippen molar-refractivity contribution in [2.45, 2.75) is 57.6 Å². The van der Waals surface area contributed by atoms with E-state index in [1.807, 2.05) is 0 Å². The quantitative estimate of drug-likeness (QED) is 0.825. The minimum atomic E-state index is -2.85. The number of halogens is 2. The van der Waals surface area contributed by atoms with Crippen LogP contribution in [0, 0.1) is 5.92 Å². The second-order valence-corrected chi connectivity index (χ2v) is 7.39. The van der Waals surface area contributed by atoms with Crippen molar-refractivity contribution in [3.05, 3.63) is 29.8 Å². The van der Waals surface area contributed by atoms with Gasteiger partial charge in [-0.2, -0.15) is 8.78 Å². The fourth-order valence-corrected chi connectivity index (χ4v) is 4.13. The number of amides is 1. The number of rotatable bonds is 6. The number of carbonyl (C=O) groups excluding carboxylic acids is 1. The lowest BCUT2D eigenvalue weighted by Crippen LogP contribution is -2.47. The normalized spacial score (nSPS) is 24.4. The number of ether oxygens (including phenoxy) is 1. The lowest BCUT2D eigenvalue weighted by molar-refractivity contribution is -0.0498. The number of likely N-dealkylation sites (tertiary alicyclic amines) is 1. The van der Waals surface area contributed by atoms with E-state index in [2.05, 4.69) is 15.0 Å². The molecule has 1 saturated heterocycles. The van der Waals surface area contributed by atoms with Crippen LogP contribution in [-0.4, -0.2) is 43.1 Å². The molecule has 1 heterocycles. The highest BCUT2D eigenvalue weighted by Crippen LogP contribution is 2.27. The lowest BCUT2D eigenvalue weighted by Gasteiger charge is -2.37. The van der Waals surface area contributed by atoms with Crippen LogP contribution in [-0.2, 0) is 0 Å². The molecule has 2 fully saturated rings. The van der Waals surface area contributed by atoms with E-state index in [0.29, 0.717) is 11.5 Å². The fraction of sp³-hybridized carbons (Fsp3) is 0.650. The molecular formula is C20H28F2N2O2. The number of carbonyl (C=O) groups is 1. The Kier molecular flexibility index (Phi) is 6.83. The van der Waals surface area contributed by atoms with Crippen LogP contribution in [0.1, 0.15) is 55.3 Å². The lowest BCUT2D eigenvalue weighted by atomic mass is 9.83. The Hall–Kier alpha value is -1.69. The van der Waals surface area contributed by atoms with Crippen LogP contribution >= 0.6 is 0 Å². The Labute approximate surface area is 153 Å². The molecule has 1 amide bonds. The zero-order valence-corrected chi connectivity index (χ0v) is 15.1. The van der Waals surface area contributed by atoms with Crippen LogP contribution < -0.4 is 10.1 Å². The van der Waals surface area contributed by atoms with Crippen molar-refractivity contribution in [1.82, 2.24) is 10.2 Å². The van der Waals surface area contributed by atoms with E-state index in [4.69, 9.17) is 0 Å². The van der Waals surface area contributed by atoms with E-state index in [-0.39, 0.29) is 17.7 Å². The zero-order chi connectivity index (χ0) is 18.4. The minimum Gasteiger partial charge on any atom is -0.435 e. The highest BCUT2D eigenvalue weighted by atomic mass is 19.3. The maximum absolute atomic E-state index is 12.6. The fourth-order valence-electron chi connectivity index (χ4n) is 4.13. The summed E-state index contributed by atoms with van der Waals surface area (Å²) in [7, 11) is 0. The Morgan fingerprint density at radius 2 is 1.77 bits per heavy atom. The third-order valence-corrected chi connectivity index (χ3v) is 5.51. The first-order valence-corrected chi connectivity index (χ1v) is 9.70. The summed E-state index contributed by atoms with van der Waals surface area (Å²) in [5, 5.41) is 3.18. The first-order chi connectivity index (χ1) is 12.6. The molecule has 0 unspecified atom stereocenters. The molecule has 0 radical (unpaired) electrons. The summed E-state index contributed by atoms with van der Waals surface area (Å²) >= 11 is 0. The van der Waals surface area contributed by atoms with Gasteiger partial charge in [-0.1, -0.05) is 19.3 Å². The molecule has 1 aromatic rings. The van der Waals surface area contributed by atoms with Gasteiger partial charge in [0.2, 0.25) is 0 Å². The summed E-state index contributed by atoms with van der Waals surface area (Å²) in [5.74, 6) is 0.425. The number of alkyl halides is 2. The molecule has 0 aromatic heterocycles. The van der Waals surface area contributed by atoms with E-state index in [0.717, 1.165) is 25.8 Å². The van der Waals surface area contributed by atoms with E-state index in [1.165, 1.54) is 63.0 Å². The number of benzene rings is 1. The van der Waals surface area contributed by atoms with Crippen molar-refractivity contribution in [2.75, 3.05) is 19.6 Å². The summed E-state index contributed by atoms with van der Waals surface area (Å²) < 4.78 is 28.8. The Bertz CT molecular complexity index is 574. The van der Waals surface area contributed by atoms with Crippen molar-refractivity contribution in [2.24, 2.45) is 5.92 Å². The predicted molar refractivity (Wildman–Crippen MR) is 96.6 cm³/mol. The third-order valence-electron chi connectivity index (χ3n) is 5.51. The first-order valence-electron chi connectivity index (χ1n) is 9.70. The van der Waals surface area contributed by atoms with Gasteiger partial charge in [0.25, 0.3) is 5.91 Å². The largest absolute Gasteiger partial charge is 0.435 e. The monoisotopic (exact) mass is 366 g/mol. The Morgan fingerprint density at radius 3 is 2.46 bits per heavy atom. The van der Waals surface area contributed by atoms with Crippen LogP contribution in [0.3, 0.4) is 0 Å². The van der Waals surface area contributed by atoms with Gasteiger partial charge in [0.05, 0.1) is 0 Å². The number of piperidine rings is 1. The van der Waals surface area contributed by atoms with Crippen LogP contribution in [0.2, 0.25) is 0 Å². The summed E-state index contributed by atoms with van der Waals surface area (Å²) in [4.78, 5) is 15.1. The Balaban J connectivity index is 1.57. The molecular weight excluding hydrogens is 338 g/mol. The van der Waals surface area contributed by atoms with Gasteiger partial charge in [-0.15, -0.1) is 0 Å². The van der Waals surface area contributed by atoms with E-state index in [9.17, 15) is 13.6 Å². The second-order valence-electron chi connectivity index (χ2n) is 7.39. The standard InChI is InChI=1S/C20H28F2N2O2/c21-20(22)26-17-10-8-15(9-11-17)19(25)23-18-7-3-2-6-16(18)14-24-12-4-1-5-13-24/h8-11,16,18,20H,1-7,12-14H2,(H,23,25)/t16-,18+/m0/s1. The first kappa shape index (κ1) is 19.1.